The molecule has 1 atom stereocenters. The highest BCUT2D eigenvalue weighted by atomic mass is 35.5. The topological polar surface area (TPSA) is 97.7 Å². The number of nitrogens with one attached hydrogen (secondary N) is 1. The molecule has 32 heavy (non-hydrogen) atoms. The lowest BCUT2D eigenvalue weighted by Crippen LogP contribution is -2.18. The van der Waals surface area contributed by atoms with Crippen LogP contribution in [0.1, 0.15) is 34.2 Å². The Labute approximate surface area is 191 Å². The van der Waals surface area contributed by atoms with Crippen LogP contribution in [0.15, 0.2) is 85.6 Å². The minimum atomic E-state index is -3.53. The number of benzene rings is 1. The van der Waals surface area contributed by atoms with Crippen molar-refractivity contribution in [2.75, 3.05) is 11.0 Å². The third-order valence-corrected chi connectivity index (χ3v) is 5.69. The van der Waals surface area contributed by atoms with Gasteiger partial charge in [0.25, 0.3) is 0 Å². The van der Waals surface area contributed by atoms with Gasteiger partial charge in [-0.3, -0.25) is 14.7 Å². The van der Waals surface area contributed by atoms with Crippen molar-refractivity contribution in [3.05, 3.63) is 113 Å². The zero-order valence-electron chi connectivity index (χ0n) is 17.1. The van der Waals surface area contributed by atoms with Gasteiger partial charge in [-0.1, -0.05) is 35.9 Å². The molecule has 4 aromatic rings. The fourth-order valence-electron chi connectivity index (χ4n) is 3.69. The molecule has 1 N–H and O–H groups in total. The van der Waals surface area contributed by atoms with E-state index in [0.717, 1.165) is 22.9 Å². The third kappa shape index (κ3) is 5.27. The number of sulfonamides is 1. The van der Waals surface area contributed by atoms with E-state index in [1.165, 1.54) is 6.20 Å². The smallest absolute Gasteiger partial charge is 0.236 e. The second-order valence-electron chi connectivity index (χ2n) is 7.26. The average Bonchev–Trinajstić information content (AvgIpc) is 2.77. The van der Waals surface area contributed by atoms with E-state index in [2.05, 4.69) is 24.7 Å². The number of hydrogen-bond acceptors (Lipinski definition) is 6. The van der Waals surface area contributed by atoms with Crippen LogP contribution in [0.3, 0.4) is 0 Å². The van der Waals surface area contributed by atoms with Crippen molar-refractivity contribution in [3.63, 3.8) is 0 Å². The predicted octanol–water partition coefficient (Wildman–Crippen LogP) is 4.26. The number of pyridine rings is 2. The maximum absolute atomic E-state index is 11.7. The first kappa shape index (κ1) is 21.9. The number of hydrogen-bond donors (Lipinski definition) is 1. The molecule has 0 aliphatic heterocycles. The molecule has 0 fully saturated rings. The highest BCUT2D eigenvalue weighted by molar-refractivity contribution is 7.91. The molecule has 0 radical (unpaired) electrons. The summed E-state index contributed by atoms with van der Waals surface area (Å²) in [5, 5.41) is 0.590. The van der Waals surface area contributed by atoms with E-state index in [4.69, 9.17) is 11.6 Å². The molecule has 7 nitrogen and oxygen atoms in total. The predicted molar refractivity (Wildman–Crippen MR) is 124 cm³/mol. The summed E-state index contributed by atoms with van der Waals surface area (Å²) >= 11 is 6.34. The van der Waals surface area contributed by atoms with Crippen molar-refractivity contribution in [1.29, 1.82) is 0 Å². The van der Waals surface area contributed by atoms with Gasteiger partial charge in [-0.25, -0.2) is 18.4 Å². The van der Waals surface area contributed by atoms with Gasteiger partial charge in [0.2, 0.25) is 16.0 Å². The SMILES string of the molecule is CS(=O)(=O)Nc1nccc(C(c2cccc(Cl)c2)C(c2cccnc2)c2cccnc2)n1. The summed E-state index contributed by atoms with van der Waals surface area (Å²) < 4.78 is 25.9. The van der Waals surface area contributed by atoms with E-state index in [1.54, 1.807) is 18.5 Å². The molecule has 3 heterocycles. The molecule has 9 heteroatoms. The van der Waals surface area contributed by atoms with Crippen molar-refractivity contribution in [3.8, 4) is 0 Å². The molecule has 0 aliphatic carbocycles. The third-order valence-electron chi connectivity index (χ3n) is 4.90. The molecule has 0 saturated carbocycles. The molecule has 1 unspecified atom stereocenters. The van der Waals surface area contributed by atoms with Gasteiger partial charge in [-0.15, -0.1) is 0 Å². The Hall–Kier alpha value is -3.36. The first-order valence-corrected chi connectivity index (χ1v) is 12.0. The molecule has 0 amide bonds. The van der Waals surface area contributed by atoms with Gasteiger partial charge in [-0.2, -0.15) is 0 Å². The Morgan fingerprint density at radius 1 is 0.844 bits per heavy atom. The van der Waals surface area contributed by atoms with E-state index in [-0.39, 0.29) is 17.8 Å². The number of anilines is 1. The van der Waals surface area contributed by atoms with Crippen LogP contribution < -0.4 is 4.72 Å². The Kier molecular flexibility index (Phi) is 6.43. The Morgan fingerprint density at radius 2 is 1.50 bits per heavy atom. The van der Waals surface area contributed by atoms with Crippen molar-refractivity contribution in [1.82, 2.24) is 19.9 Å². The zero-order chi connectivity index (χ0) is 22.6. The minimum Gasteiger partial charge on any atom is -0.264 e. The number of rotatable bonds is 7. The average molecular weight is 466 g/mol. The quantitative estimate of drug-likeness (QED) is 0.438. The zero-order valence-corrected chi connectivity index (χ0v) is 18.7. The van der Waals surface area contributed by atoms with E-state index >= 15 is 0 Å². The van der Waals surface area contributed by atoms with Gasteiger partial charge in [0, 0.05) is 47.8 Å². The van der Waals surface area contributed by atoms with Crippen LogP contribution in [0.25, 0.3) is 0 Å². The maximum atomic E-state index is 11.7. The summed E-state index contributed by atoms with van der Waals surface area (Å²) in [6.07, 6.45) is 9.66. The summed E-state index contributed by atoms with van der Waals surface area (Å²) in [6.45, 7) is 0. The largest absolute Gasteiger partial charge is 0.264 e. The van der Waals surface area contributed by atoms with Crippen molar-refractivity contribution < 1.29 is 8.42 Å². The lowest BCUT2D eigenvalue weighted by molar-refractivity contribution is 0.606. The summed E-state index contributed by atoms with van der Waals surface area (Å²) in [7, 11) is -3.53. The standard InChI is InChI=1S/C23H20ClN5O2S/c1-32(30,31)29-23-27-12-9-20(28-23)22(16-5-2-8-19(24)13-16)21(17-6-3-10-25-14-17)18-7-4-11-26-15-18/h2-15,21-22H,1H3,(H,27,28,29). The second kappa shape index (κ2) is 9.42. The van der Waals surface area contributed by atoms with E-state index < -0.39 is 10.0 Å². The van der Waals surface area contributed by atoms with Gasteiger partial charge in [0.15, 0.2) is 0 Å². The van der Waals surface area contributed by atoms with Crippen LogP contribution in [0, 0.1) is 0 Å². The van der Waals surface area contributed by atoms with E-state index in [9.17, 15) is 8.42 Å². The first-order valence-electron chi connectivity index (χ1n) is 9.77. The van der Waals surface area contributed by atoms with Crippen LogP contribution in [-0.4, -0.2) is 34.6 Å². The van der Waals surface area contributed by atoms with Gasteiger partial charge in [0.05, 0.1) is 11.9 Å². The van der Waals surface area contributed by atoms with Gasteiger partial charge < -0.3 is 0 Å². The summed E-state index contributed by atoms with van der Waals surface area (Å²) in [6, 6.07) is 17.1. The summed E-state index contributed by atoms with van der Waals surface area (Å²) in [5.41, 5.74) is 3.47. The molecule has 0 bridgehead atoms. The lowest BCUT2D eigenvalue weighted by Gasteiger charge is -2.28. The molecule has 4 rings (SSSR count). The molecule has 0 saturated heterocycles. The Bertz CT molecular complexity index is 1260. The monoisotopic (exact) mass is 465 g/mol. The molecular formula is C23H20ClN5O2S. The Balaban J connectivity index is 1.94. The number of nitrogens with zero attached hydrogens (tertiary/aromatic N) is 4. The van der Waals surface area contributed by atoms with Crippen molar-refractivity contribution >= 4 is 27.6 Å². The van der Waals surface area contributed by atoms with Crippen molar-refractivity contribution in [2.45, 2.75) is 11.8 Å². The van der Waals surface area contributed by atoms with E-state index in [1.807, 2.05) is 60.9 Å². The molecular weight excluding hydrogens is 446 g/mol. The molecule has 3 aromatic heterocycles. The fraction of sp³-hybridized carbons (Fsp3) is 0.130. The highest BCUT2D eigenvalue weighted by Gasteiger charge is 2.30. The van der Waals surface area contributed by atoms with Crippen molar-refractivity contribution in [2.24, 2.45) is 0 Å². The first-order chi connectivity index (χ1) is 15.4. The second-order valence-corrected chi connectivity index (χ2v) is 9.45. The van der Waals surface area contributed by atoms with Crippen LogP contribution in [0.4, 0.5) is 5.95 Å². The highest BCUT2D eigenvalue weighted by Crippen LogP contribution is 2.42. The molecule has 0 aliphatic rings. The van der Waals surface area contributed by atoms with Gasteiger partial charge in [-0.05, 0) is 47.0 Å². The fourth-order valence-corrected chi connectivity index (χ4v) is 4.32. The minimum absolute atomic E-state index is 0.00755. The normalized spacial score (nSPS) is 12.5. The molecule has 1 aromatic carbocycles. The van der Waals surface area contributed by atoms with Crippen LogP contribution in [0.5, 0.6) is 0 Å². The molecule has 162 valence electrons. The summed E-state index contributed by atoms with van der Waals surface area (Å²) in [4.78, 5) is 17.2. The maximum Gasteiger partial charge on any atom is 0.236 e. The lowest BCUT2D eigenvalue weighted by atomic mass is 9.76. The number of halogens is 1. The number of aromatic nitrogens is 4. The van der Waals surface area contributed by atoms with Crippen LogP contribution >= 0.6 is 11.6 Å². The van der Waals surface area contributed by atoms with Gasteiger partial charge in [0.1, 0.15) is 0 Å². The summed E-state index contributed by atoms with van der Waals surface area (Å²) in [5.74, 6) is -0.518. The molecule has 0 spiro atoms. The van der Waals surface area contributed by atoms with E-state index in [0.29, 0.717) is 10.7 Å². The Morgan fingerprint density at radius 3 is 2.06 bits per heavy atom. The van der Waals surface area contributed by atoms with Crippen LogP contribution in [0.2, 0.25) is 5.02 Å². The van der Waals surface area contributed by atoms with Gasteiger partial charge >= 0.3 is 0 Å². The van der Waals surface area contributed by atoms with Crippen LogP contribution in [-0.2, 0) is 10.0 Å².